The second kappa shape index (κ2) is 8.33. The van der Waals surface area contributed by atoms with Crippen molar-refractivity contribution in [1.29, 1.82) is 0 Å². The lowest BCUT2D eigenvalue weighted by atomic mass is 10.0. The predicted molar refractivity (Wildman–Crippen MR) is 105 cm³/mol. The zero-order chi connectivity index (χ0) is 18.5. The van der Waals surface area contributed by atoms with Crippen LogP contribution in [0.25, 0.3) is 0 Å². The number of aromatic nitrogens is 3. The lowest BCUT2D eigenvalue weighted by Gasteiger charge is -2.33. The second-order valence-electron chi connectivity index (χ2n) is 7.21. The standard InChI is InChI=1S/C20H26N6O/c27-19(17-6-4-9-21-18(17)25-12-2-1-3-13-25)24-16-7-14-26(15-8-16)20-22-10-5-11-23-20/h4-6,9-11,16H,1-3,7-8,12-15H2,(H,24,27). The van der Waals surface area contributed by atoms with Crippen molar-refractivity contribution in [1.82, 2.24) is 20.3 Å². The van der Waals surface area contributed by atoms with Crippen molar-refractivity contribution in [2.75, 3.05) is 36.0 Å². The molecule has 4 rings (SSSR count). The lowest BCUT2D eigenvalue weighted by molar-refractivity contribution is 0.0931. The van der Waals surface area contributed by atoms with Crippen molar-refractivity contribution in [2.45, 2.75) is 38.1 Å². The monoisotopic (exact) mass is 366 g/mol. The van der Waals surface area contributed by atoms with Gasteiger partial charge in [0, 0.05) is 50.8 Å². The molecule has 0 bridgehead atoms. The van der Waals surface area contributed by atoms with Gasteiger partial charge < -0.3 is 15.1 Å². The Morgan fingerprint density at radius 3 is 2.33 bits per heavy atom. The van der Waals surface area contributed by atoms with Gasteiger partial charge in [0.2, 0.25) is 5.95 Å². The van der Waals surface area contributed by atoms with Crippen LogP contribution in [-0.2, 0) is 0 Å². The molecular formula is C20H26N6O. The third-order valence-corrected chi connectivity index (χ3v) is 5.35. The summed E-state index contributed by atoms with van der Waals surface area (Å²) >= 11 is 0. The van der Waals surface area contributed by atoms with Crippen molar-refractivity contribution in [3.63, 3.8) is 0 Å². The molecule has 2 aromatic heterocycles. The van der Waals surface area contributed by atoms with Crippen molar-refractivity contribution >= 4 is 17.7 Å². The van der Waals surface area contributed by atoms with Crippen LogP contribution in [0, 0.1) is 0 Å². The molecule has 7 nitrogen and oxygen atoms in total. The van der Waals surface area contributed by atoms with Gasteiger partial charge >= 0.3 is 0 Å². The molecule has 1 amide bonds. The molecule has 0 unspecified atom stereocenters. The van der Waals surface area contributed by atoms with Gasteiger partial charge in [-0.3, -0.25) is 4.79 Å². The number of nitrogens with one attached hydrogen (secondary N) is 1. The van der Waals surface area contributed by atoms with Gasteiger partial charge in [-0.15, -0.1) is 0 Å². The average Bonchev–Trinajstić information content (AvgIpc) is 2.75. The van der Waals surface area contributed by atoms with Crippen LogP contribution in [0.1, 0.15) is 42.5 Å². The number of nitrogens with zero attached hydrogens (tertiary/aromatic N) is 5. The minimum atomic E-state index is -0.0157. The molecule has 0 aliphatic carbocycles. The molecule has 2 saturated heterocycles. The molecule has 27 heavy (non-hydrogen) atoms. The molecule has 0 saturated carbocycles. The van der Waals surface area contributed by atoms with Gasteiger partial charge in [0.25, 0.3) is 5.91 Å². The Labute approximate surface area is 159 Å². The van der Waals surface area contributed by atoms with E-state index in [-0.39, 0.29) is 11.9 Å². The van der Waals surface area contributed by atoms with Crippen LogP contribution in [-0.4, -0.2) is 53.1 Å². The fourth-order valence-corrected chi connectivity index (χ4v) is 3.87. The number of hydrogen-bond acceptors (Lipinski definition) is 6. The van der Waals surface area contributed by atoms with E-state index >= 15 is 0 Å². The predicted octanol–water partition coefficient (Wildman–Crippen LogP) is 2.26. The molecule has 142 valence electrons. The quantitative estimate of drug-likeness (QED) is 0.895. The van der Waals surface area contributed by atoms with E-state index in [1.165, 1.54) is 6.42 Å². The number of rotatable bonds is 4. The first-order valence-electron chi connectivity index (χ1n) is 9.84. The van der Waals surface area contributed by atoms with E-state index in [4.69, 9.17) is 0 Å². The normalized spacial score (nSPS) is 18.4. The fraction of sp³-hybridized carbons (Fsp3) is 0.500. The van der Waals surface area contributed by atoms with Crippen molar-refractivity contribution in [3.8, 4) is 0 Å². The molecule has 1 N–H and O–H groups in total. The van der Waals surface area contributed by atoms with Crippen molar-refractivity contribution < 1.29 is 4.79 Å². The summed E-state index contributed by atoms with van der Waals surface area (Å²) in [6.45, 7) is 3.65. The summed E-state index contributed by atoms with van der Waals surface area (Å²) in [6, 6.07) is 5.73. The van der Waals surface area contributed by atoms with Crippen LogP contribution < -0.4 is 15.1 Å². The van der Waals surface area contributed by atoms with E-state index in [0.29, 0.717) is 5.56 Å². The molecule has 0 atom stereocenters. The zero-order valence-corrected chi connectivity index (χ0v) is 15.5. The van der Waals surface area contributed by atoms with Gasteiger partial charge in [0.05, 0.1) is 5.56 Å². The number of pyridine rings is 1. The van der Waals surface area contributed by atoms with Crippen LogP contribution >= 0.6 is 0 Å². The highest BCUT2D eigenvalue weighted by atomic mass is 16.1. The maximum absolute atomic E-state index is 12.9. The summed E-state index contributed by atoms with van der Waals surface area (Å²) in [7, 11) is 0. The van der Waals surface area contributed by atoms with Crippen LogP contribution in [0.2, 0.25) is 0 Å². The maximum atomic E-state index is 12.9. The van der Waals surface area contributed by atoms with E-state index in [1.54, 1.807) is 18.6 Å². The van der Waals surface area contributed by atoms with Gasteiger partial charge in [-0.05, 0) is 50.3 Å². The van der Waals surface area contributed by atoms with E-state index in [9.17, 15) is 4.79 Å². The Kier molecular flexibility index (Phi) is 5.46. The summed E-state index contributed by atoms with van der Waals surface area (Å²) < 4.78 is 0. The lowest BCUT2D eigenvalue weighted by Crippen LogP contribution is -2.45. The van der Waals surface area contributed by atoms with Gasteiger partial charge in [0.1, 0.15) is 5.82 Å². The number of amides is 1. The summed E-state index contributed by atoms with van der Waals surface area (Å²) in [5.74, 6) is 1.57. The molecule has 0 spiro atoms. The smallest absolute Gasteiger partial charge is 0.255 e. The van der Waals surface area contributed by atoms with E-state index in [2.05, 4.69) is 30.1 Å². The summed E-state index contributed by atoms with van der Waals surface area (Å²) in [5, 5.41) is 3.21. The number of piperidine rings is 2. The van der Waals surface area contributed by atoms with Gasteiger partial charge in [-0.25, -0.2) is 15.0 Å². The molecule has 2 aliphatic rings. The Morgan fingerprint density at radius 2 is 1.59 bits per heavy atom. The minimum absolute atomic E-state index is 0.0157. The molecule has 2 aromatic rings. The minimum Gasteiger partial charge on any atom is -0.356 e. The Balaban J connectivity index is 1.37. The average molecular weight is 366 g/mol. The Bertz CT molecular complexity index is 754. The first-order valence-corrected chi connectivity index (χ1v) is 9.84. The van der Waals surface area contributed by atoms with Crippen molar-refractivity contribution in [3.05, 3.63) is 42.4 Å². The molecular weight excluding hydrogens is 340 g/mol. The fourth-order valence-electron chi connectivity index (χ4n) is 3.87. The highest BCUT2D eigenvalue weighted by molar-refractivity contribution is 5.99. The van der Waals surface area contributed by atoms with Gasteiger partial charge in [-0.2, -0.15) is 0 Å². The highest BCUT2D eigenvalue weighted by Crippen LogP contribution is 2.22. The summed E-state index contributed by atoms with van der Waals surface area (Å²) in [5.41, 5.74) is 0.688. The molecule has 2 fully saturated rings. The summed E-state index contributed by atoms with van der Waals surface area (Å²) in [4.78, 5) is 30.5. The topological polar surface area (TPSA) is 74.2 Å². The Hall–Kier alpha value is -2.70. The van der Waals surface area contributed by atoms with E-state index < -0.39 is 0 Å². The first-order chi connectivity index (χ1) is 13.3. The third-order valence-electron chi connectivity index (χ3n) is 5.35. The molecule has 4 heterocycles. The maximum Gasteiger partial charge on any atom is 0.255 e. The van der Waals surface area contributed by atoms with Crippen LogP contribution in [0.3, 0.4) is 0 Å². The zero-order valence-electron chi connectivity index (χ0n) is 15.5. The highest BCUT2D eigenvalue weighted by Gasteiger charge is 2.25. The second-order valence-corrected chi connectivity index (χ2v) is 7.21. The molecule has 0 radical (unpaired) electrons. The molecule has 0 aromatic carbocycles. The summed E-state index contributed by atoms with van der Waals surface area (Å²) in [6.07, 6.45) is 10.7. The SMILES string of the molecule is O=C(NC1CCN(c2ncccn2)CC1)c1cccnc1N1CCCCC1. The largest absolute Gasteiger partial charge is 0.356 e. The van der Waals surface area contributed by atoms with Crippen LogP contribution in [0.15, 0.2) is 36.8 Å². The first kappa shape index (κ1) is 17.7. The molecule has 7 heteroatoms. The number of anilines is 2. The molecule has 2 aliphatic heterocycles. The van der Waals surface area contributed by atoms with E-state index in [1.807, 2.05) is 18.2 Å². The number of carbonyl (C=O) groups excluding carboxylic acids is 1. The van der Waals surface area contributed by atoms with Crippen molar-refractivity contribution in [2.24, 2.45) is 0 Å². The van der Waals surface area contributed by atoms with Crippen LogP contribution in [0.5, 0.6) is 0 Å². The van der Waals surface area contributed by atoms with Gasteiger partial charge in [0.15, 0.2) is 0 Å². The Morgan fingerprint density at radius 1 is 0.889 bits per heavy atom. The van der Waals surface area contributed by atoms with Crippen LogP contribution in [0.4, 0.5) is 11.8 Å². The number of carbonyl (C=O) groups is 1. The third kappa shape index (κ3) is 4.18. The number of hydrogen-bond donors (Lipinski definition) is 1. The van der Waals surface area contributed by atoms with Gasteiger partial charge in [-0.1, -0.05) is 0 Å². The van der Waals surface area contributed by atoms with E-state index in [0.717, 1.165) is 63.6 Å².